The van der Waals surface area contributed by atoms with Crippen LogP contribution < -0.4 is 5.32 Å². The molecule has 1 N–H and O–H groups in total. The van der Waals surface area contributed by atoms with Gasteiger partial charge in [-0.3, -0.25) is 0 Å². The second kappa shape index (κ2) is 5.47. The summed E-state index contributed by atoms with van der Waals surface area (Å²) in [6, 6.07) is 12.0. The van der Waals surface area contributed by atoms with E-state index in [1.165, 1.54) is 11.3 Å². The average molecular weight is 291 g/mol. The summed E-state index contributed by atoms with van der Waals surface area (Å²) >= 11 is 7.49. The van der Waals surface area contributed by atoms with Gasteiger partial charge in [-0.1, -0.05) is 23.7 Å². The van der Waals surface area contributed by atoms with Gasteiger partial charge in [-0.2, -0.15) is 0 Å². The van der Waals surface area contributed by atoms with E-state index in [0.29, 0.717) is 0 Å². The zero-order valence-corrected chi connectivity index (χ0v) is 11.5. The van der Waals surface area contributed by atoms with Crippen LogP contribution in [-0.2, 0) is 6.54 Å². The third-order valence-corrected chi connectivity index (χ3v) is 3.91. The van der Waals surface area contributed by atoms with Gasteiger partial charge in [0, 0.05) is 22.7 Å². The fourth-order valence-electron chi connectivity index (χ4n) is 1.78. The summed E-state index contributed by atoms with van der Waals surface area (Å²) in [5.41, 5.74) is 2.05. The number of hydrogen-bond donors (Lipinski definition) is 1. The minimum absolute atomic E-state index is 0.761. The Morgan fingerprint density at radius 3 is 2.95 bits per heavy atom. The van der Waals surface area contributed by atoms with E-state index in [4.69, 9.17) is 16.0 Å². The van der Waals surface area contributed by atoms with Crippen LogP contribution in [0.25, 0.3) is 11.3 Å². The van der Waals surface area contributed by atoms with Crippen molar-refractivity contribution in [1.29, 1.82) is 0 Å². The van der Waals surface area contributed by atoms with Crippen LogP contribution in [0.5, 0.6) is 0 Å². The van der Waals surface area contributed by atoms with Crippen LogP contribution in [0, 0.1) is 0 Å². The Kier molecular flexibility index (Phi) is 3.53. The van der Waals surface area contributed by atoms with Crippen molar-refractivity contribution in [3.05, 3.63) is 58.2 Å². The molecule has 0 fully saturated rings. The standard InChI is InChI=1S/C14H11ClN2OS/c15-14-5-4-12(19-14)7-17-11-3-1-2-10(6-11)13-8-16-9-18-13/h1-6,8-9,17H,7H2. The lowest BCUT2D eigenvalue weighted by Gasteiger charge is -2.06. The number of thiophene rings is 1. The highest BCUT2D eigenvalue weighted by Gasteiger charge is 2.03. The molecular formula is C14H11ClN2OS. The lowest BCUT2D eigenvalue weighted by molar-refractivity contribution is 0.572. The van der Waals surface area contributed by atoms with Gasteiger partial charge in [0.05, 0.1) is 10.5 Å². The minimum Gasteiger partial charge on any atom is -0.444 e. The summed E-state index contributed by atoms with van der Waals surface area (Å²) in [5.74, 6) is 0.766. The van der Waals surface area contributed by atoms with Gasteiger partial charge in [0.25, 0.3) is 0 Å². The Bertz CT molecular complexity index is 664. The number of halogens is 1. The summed E-state index contributed by atoms with van der Waals surface area (Å²) in [6.45, 7) is 0.761. The quantitative estimate of drug-likeness (QED) is 0.759. The van der Waals surface area contributed by atoms with Crippen LogP contribution in [0.3, 0.4) is 0 Å². The SMILES string of the molecule is Clc1ccc(CNc2cccc(-c3cnco3)c2)s1. The van der Waals surface area contributed by atoms with Crippen molar-refractivity contribution < 1.29 is 4.42 Å². The van der Waals surface area contributed by atoms with Gasteiger partial charge in [-0.25, -0.2) is 4.98 Å². The van der Waals surface area contributed by atoms with Crippen molar-refractivity contribution in [1.82, 2.24) is 4.98 Å². The molecule has 1 aromatic carbocycles. The maximum atomic E-state index is 5.91. The lowest BCUT2D eigenvalue weighted by Crippen LogP contribution is -1.97. The van der Waals surface area contributed by atoms with Crippen LogP contribution in [0.1, 0.15) is 4.88 Å². The van der Waals surface area contributed by atoms with Gasteiger partial charge in [-0.15, -0.1) is 11.3 Å². The topological polar surface area (TPSA) is 38.1 Å². The van der Waals surface area contributed by atoms with Crippen LogP contribution in [0.15, 0.2) is 53.4 Å². The summed E-state index contributed by atoms with van der Waals surface area (Å²) in [5, 5.41) is 3.37. The van der Waals surface area contributed by atoms with Gasteiger partial charge in [0.2, 0.25) is 0 Å². The van der Waals surface area contributed by atoms with Gasteiger partial charge in [0.1, 0.15) is 0 Å². The first-order valence-electron chi connectivity index (χ1n) is 5.78. The maximum absolute atomic E-state index is 5.91. The number of nitrogens with zero attached hydrogens (tertiary/aromatic N) is 1. The lowest BCUT2D eigenvalue weighted by atomic mass is 10.1. The third-order valence-electron chi connectivity index (χ3n) is 2.68. The fourth-order valence-corrected chi connectivity index (χ4v) is 2.80. The predicted molar refractivity (Wildman–Crippen MR) is 78.6 cm³/mol. The smallest absolute Gasteiger partial charge is 0.181 e. The highest BCUT2D eigenvalue weighted by atomic mass is 35.5. The summed E-state index contributed by atoms with van der Waals surface area (Å²) in [4.78, 5) is 5.13. The van der Waals surface area contributed by atoms with E-state index < -0.39 is 0 Å². The second-order valence-corrected chi connectivity index (χ2v) is 5.81. The average Bonchev–Trinajstić information content (AvgIpc) is 3.08. The van der Waals surface area contributed by atoms with Crippen LogP contribution in [-0.4, -0.2) is 4.98 Å². The first-order chi connectivity index (χ1) is 9.31. The molecule has 19 heavy (non-hydrogen) atoms. The van der Waals surface area contributed by atoms with Crippen molar-refractivity contribution in [3.63, 3.8) is 0 Å². The molecule has 2 heterocycles. The summed E-state index contributed by atoms with van der Waals surface area (Å²) in [6.07, 6.45) is 3.14. The van der Waals surface area contributed by atoms with Crippen LogP contribution >= 0.6 is 22.9 Å². The molecule has 0 saturated carbocycles. The van der Waals surface area contributed by atoms with Gasteiger partial charge < -0.3 is 9.73 Å². The van der Waals surface area contributed by atoms with E-state index in [1.807, 2.05) is 36.4 Å². The monoisotopic (exact) mass is 290 g/mol. The van der Waals surface area contributed by atoms with Crippen molar-refractivity contribution in [3.8, 4) is 11.3 Å². The highest BCUT2D eigenvalue weighted by molar-refractivity contribution is 7.16. The molecule has 0 atom stereocenters. The molecule has 0 aliphatic carbocycles. The molecule has 3 rings (SSSR count). The van der Waals surface area contributed by atoms with Crippen LogP contribution in [0.2, 0.25) is 4.34 Å². The third kappa shape index (κ3) is 2.97. The van der Waals surface area contributed by atoms with E-state index in [1.54, 1.807) is 17.5 Å². The Balaban J connectivity index is 1.73. The minimum atomic E-state index is 0.761. The predicted octanol–water partition coefficient (Wildman–Crippen LogP) is 4.67. The molecule has 96 valence electrons. The Morgan fingerprint density at radius 2 is 2.21 bits per heavy atom. The van der Waals surface area contributed by atoms with Crippen molar-refractivity contribution in [2.45, 2.75) is 6.54 Å². The van der Waals surface area contributed by atoms with Crippen molar-refractivity contribution in [2.24, 2.45) is 0 Å². The van der Waals surface area contributed by atoms with Crippen LogP contribution in [0.4, 0.5) is 5.69 Å². The number of oxazole rings is 1. The molecule has 0 aliphatic heterocycles. The van der Waals surface area contributed by atoms with Gasteiger partial charge >= 0.3 is 0 Å². The Morgan fingerprint density at radius 1 is 1.26 bits per heavy atom. The molecule has 3 nitrogen and oxygen atoms in total. The Hall–Kier alpha value is -1.78. The molecule has 0 unspecified atom stereocenters. The van der Waals surface area contributed by atoms with E-state index in [0.717, 1.165) is 27.9 Å². The molecule has 0 radical (unpaired) electrons. The highest BCUT2D eigenvalue weighted by Crippen LogP contribution is 2.24. The molecule has 0 spiro atoms. The van der Waals surface area contributed by atoms with E-state index in [2.05, 4.69) is 10.3 Å². The second-order valence-electron chi connectivity index (χ2n) is 4.01. The first kappa shape index (κ1) is 12.3. The molecule has 0 bridgehead atoms. The van der Waals surface area contributed by atoms with E-state index in [-0.39, 0.29) is 0 Å². The molecule has 2 aromatic heterocycles. The number of hydrogen-bond acceptors (Lipinski definition) is 4. The maximum Gasteiger partial charge on any atom is 0.181 e. The number of aromatic nitrogens is 1. The first-order valence-corrected chi connectivity index (χ1v) is 6.98. The van der Waals surface area contributed by atoms with E-state index in [9.17, 15) is 0 Å². The van der Waals surface area contributed by atoms with Crippen molar-refractivity contribution in [2.75, 3.05) is 5.32 Å². The summed E-state index contributed by atoms with van der Waals surface area (Å²) < 4.78 is 6.10. The van der Waals surface area contributed by atoms with Crippen molar-refractivity contribution >= 4 is 28.6 Å². The Labute approximate surface area is 119 Å². The molecule has 3 aromatic rings. The molecule has 0 aliphatic rings. The zero-order chi connectivity index (χ0) is 13.1. The molecule has 5 heteroatoms. The molecule has 0 amide bonds. The number of nitrogens with one attached hydrogen (secondary N) is 1. The number of benzene rings is 1. The largest absolute Gasteiger partial charge is 0.444 e. The molecule has 0 saturated heterocycles. The van der Waals surface area contributed by atoms with Gasteiger partial charge in [-0.05, 0) is 24.3 Å². The molecular weight excluding hydrogens is 280 g/mol. The number of rotatable bonds is 4. The zero-order valence-electron chi connectivity index (χ0n) is 9.97. The van der Waals surface area contributed by atoms with Gasteiger partial charge in [0.15, 0.2) is 12.2 Å². The van der Waals surface area contributed by atoms with E-state index >= 15 is 0 Å². The normalized spacial score (nSPS) is 10.6. The summed E-state index contributed by atoms with van der Waals surface area (Å²) in [7, 11) is 0. The number of anilines is 1. The fraction of sp³-hybridized carbons (Fsp3) is 0.0714.